The monoisotopic (exact) mass is 203 g/mol. The van der Waals surface area contributed by atoms with Gasteiger partial charge in [0.25, 0.3) is 0 Å². The second-order valence-corrected chi connectivity index (χ2v) is 3.01. The Kier molecular flexibility index (Phi) is 2.51. The molecule has 0 aromatic heterocycles. The van der Waals surface area contributed by atoms with Crippen LogP contribution in [0.4, 0.5) is 0 Å². The van der Waals surface area contributed by atoms with Crippen LogP contribution >= 0.6 is 15.9 Å². The highest BCUT2D eigenvalue weighted by molar-refractivity contribution is 9.09. The Morgan fingerprint density at radius 1 is 1.70 bits per heavy atom. The summed E-state index contributed by atoms with van der Waals surface area (Å²) in [5.41, 5.74) is 1.10. The maximum absolute atomic E-state index is 5.08. The first-order valence-corrected chi connectivity index (χ1v) is 4.00. The lowest BCUT2D eigenvalue weighted by molar-refractivity contribution is -0.0988. The van der Waals surface area contributed by atoms with Crippen molar-refractivity contribution in [3.63, 3.8) is 0 Å². The molecular formula is C7H10BrNO. The van der Waals surface area contributed by atoms with Gasteiger partial charge >= 0.3 is 0 Å². The molecule has 0 bridgehead atoms. The van der Waals surface area contributed by atoms with Crippen molar-refractivity contribution in [1.29, 1.82) is 0 Å². The summed E-state index contributed by atoms with van der Waals surface area (Å²) in [5, 5.41) is 1.79. The Morgan fingerprint density at radius 3 is 2.80 bits per heavy atom. The topological polar surface area (TPSA) is 12.5 Å². The molecule has 0 spiro atoms. The molecule has 1 unspecified atom stereocenters. The lowest BCUT2D eigenvalue weighted by atomic mass is 10.3. The van der Waals surface area contributed by atoms with Gasteiger partial charge < -0.3 is 0 Å². The molecule has 2 nitrogen and oxygen atoms in total. The Balaban J connectivity index is 2.71. The van der Waals surface area contributed by atoms with Gasteiger partial charge in [0.2, 0.25) is 0 Å². The summed E-state index contributed by atoms with van der Waals surface area (Å²) < 4.78 is 0. The highest BCUT2D eigenvalue weighted by atomic mass is 79.9. The zero-order valence-electron chi connectivity index (χ0n) is 6.04. The lowest BCUT2D eigenvalue weighted by Gasteiger charge is -2.27. The molecule has 0 radical (unpaired) electrons. The second kappa shape index (κ2) is 3.21. The van der Waals surface area contributed by atoms with Crippen LogP contribution in [0, 0.1) is 0 Å². The Hall–Kier alpha value is -0.280. The van der Waals surface area contributed by atoms with Gasteiger partial charge in [0, 0.05) is 5.70 Å². The molecule has 0 aliphatic carbocycles. The van der Waals surface area contributed by atoms with Gasteiger partial charge in [0.1, 0.15) is 4.95 Å². The minimum Gasteiger partial charge on any atom is -0.276 e. The molecular weight excluding hydrogens is 194 g/mol. The van der Waals surface area contributed by atoms with Crippen molar-refractivity contribution >= 4 is 15.9 Å². The molecule has 0 saturated heterocycles. The minimum atomic E-state index is 0.169. The normalized spacial score (nSPS) is 24.9. The Labute approximate surface area is 69.2 Å². The fraction of sp³-hybridized carbons (Fsp3) is 0.429. The van der Waals surface area contributed by atoms with E-state index in [-0.39, 0.29) is 4.95 Å². The molecule has 0 saturated carbocycles. The number of allylic oxidation sites excluding steroid dienone is 3. The van der Waals surface area contributed by atoms with Gasteiger partial charge in [0.05, 0.1) is 7.11 Å². The van der Waals surface area contributed by atoms with Crippen LogP contribution < -0.4 is 0 Å². The zero-order chi connectivity index (χ0) is 7.56. The number of nitrogens with zero attached hydrogens (tertiary/aromatic N) is 1. The molecule has 56 valence electrons. The fourth-order valence-corrected chi connectivity index (χ4v) is 1.54. The van der Waals surface area contributed by atoms with Crippen LogP contribution in [0.5, 0.6) is 0 Å². The molecule has 1 rings (SSSR count). The lowest BCUT2D eigenvalue weighted by Crippen LogP contribution is -2.28. The fourth-order valence-electron chi connectivity index (χ4n) is 0.877. The van der Waals surface area contributed by atoms with Gasteiger partial charge in [-0.3, -0.25) is 4.84 Å². The molecule has 0 aromatic carbocycles. The first-order valence-electron chi connectivity index (χ1n) is 3.08. The van der Waals surface area contributed by atoms with Gasteiger partial charge in [-0.1, -0.05) is 22.0 Å². The minimum absolute atomic E-state index is 0.169. The van der Waals surface area contributed by atoms with Crippen LogP contribution in [0.1, 0.15) is 6.92 Å². The second-order valence-electron chi connectivity index (χ2n) is 2.07. The summed E-state index contributed by atoms with van der Waals surface area (Å²) in [7, 11) is 1.66. The van der Waals surface area contributed by atoms with Crippen LogP contribution in [0.2, 0.25) is 0 Å². The van der Waals surface area contributed by atoms with Crippen molar-refractivity contribution in [3.8, 4) is 0 Å². The van der Waals surface area contributed by atoms with Crippen molar-refractivity contribution < 1.29 is 4.84 Å². The first kappa shape index (κ1) is 7.82. The van der Waals surface area contributed by atoms with Gasteiger partial charge in [-0.05, 0) is 19.1 Å². The van der Waals surface area contributed by atoms with Crippen LogP contribution in [0.25, 0.3) is 0 Å². The number of hydrogen-bond donors (Lipinski definition) is 0. The van der Waals surface area contributed by atoms with Gasteiger partial charge in [-0.25, -0.2) is 5.06 Å². The Bertz CT molecular complexity index is 176. The van der Waals surface area contributed by atoms with Crippen molar-refractivity contribution in [2.75, 3.05) is 7.11 Å². The van der Waals surface area contributed by atoms with E-state index < -0.39 is 0 Å². The van der Waals surface area contributed by atoms with E-state index in [0.717, 1.165) is 5.70 Å². The van der Waals surface area contributed by atoms with E-state index in [1.165, 1.54) is 0 Å². The van der Waals surface area contributed by atoms with Crippen LogP contribution in [-0.4, -0.2) is 17.1 Å². The summed E-state index contributed by atoms with van der Waals surface area (Å²) in [6.07, 6.45) is 6.02. The smallest absolute Gasteiger partial charge is 0.129 e. The van der Waals surface area contributed by atoms with Gasteiger partial charge in [-0.2, -0.15) is 0 Å². The van der Waals surface area contributed by atoms with E-state index in [0.29, 0.717) is 0 Å². The summed E-state index contributed by atoms with van der Waals surface area (Å²) in [5.74, 6) is 0. The van der Waals surface area contributed by atoms with Crippen molar-refractivity contribution in [1.82, 2.24) is 5.06 Å². The van der Waals surface area contributed by atoms with Crippen molar-refractivity contribution in [3.05, 3.63) is 23.9 Å². The van der Waals surface area contributed by atoms with E-state index in [4.69, 9.17) is 4.84 Å². The third kappa shape index (κ3) is 1.41. The number of hydrogen-bond acceptors (Lipinski definition) is 2. The van der Waals surface area contributed by atoms with E-state index in [9.17, 15) is 0 Å². The average molecular weight is 204 g/mol. The standard InChI is InChI=1S/C7H10BrNO/c1-6-4-3-5-7(8)9(6)10-2/h3-5,7H,1-2H3. The largest absolute Gasteiger partial charge is 0.276 e. The van der Waals surface area contributed by atoms with Crippen LogP contribution in [0.3, 0.4) is 0 Å². The maximum Gasteiger partial charge on any atom is 0.129 e. The molecule has 1 aliphatic heterocycles. The van der Waals surface area contributed by atoms with Crippen molar-refractivity contribution in [2.24, 2.45) is 0 Å². The molecule has 1 atom stereocenters. The quantitative estimate of drug-likeness (QED) is 0.478. The highest BCUT2D eigenvalue weighted by Gasteiger charge is 2.14. The molecule has 0 N–H and O–H groups in total. The third-order valence-corrected chi connectivity index (χ3v) is 2.05. The number of hydroxylamine groups is 2. The van der Waals surface area contributed by atoms with E-state index >= 15 is 0 Å². The highest BCUT2D eigenvalue weighted by Crippen LogP contribution is 2.19. The predicted octanol–water partition coefficient (Wildman–Crippen LogP) is 2.04. The summed E-state index contributed by atoms with van der Waals surface area (Å²) in [6.45, 7) is 2.00. The van der Waals surface area contributed by atoms with E-state index in [1.807, 2.05) is 25.2 Å². The third-order valence-electron chi connectivity index (χ3n) is 1.38. The number of alkyl halides is 1. The first-order chi connectivity index (χ1) is 4.75. The molecule has 0 fully saturated rings. The Morgan fingerprint density at radius 2 is 2.40 bits per heavy atom. The van der Waals surface area contributed by atoms with Gasteiger partial charge in [-0.15, -0.1) is 0 Å². The number of halogens is 1. The molecule has 3 heteroatoms. The maximum atomic E-state index is 5.08. The van der Waals surface area contributed by atoms with E-state index in [1.54, 1.807) is 12.2 Å². The average Bonchev–Trinajstić information content (AvgIpc) is 1.88. The molecule has 0 aromatic rings. The van der Waals surface area contributed by atoms with Gasteiger partial charge in [0.15, 0.2) is 0 Å². The summed E-state index contributed by atoms with van der Waals surface area (Å²) in [6, 6.07) is 0. The predicted molar refractivity (Wildman–Crippen MR) is 44.5 cm³/mol. The molecule has 1 aliphatic rings. The van der Waals surface area contributed by atoms with Crippen molar-refractivity contribution in [2.45, 2.75) is 11.9 Å². The number of rotatable bonds is 1. The zero-order valence-corrected chi connectivity index (χ0v) is 7.63. The molecule has 1 heterocycles. The summed E-state index contributed by atoms with van der Waals surface area (Å²) in [4.78, 5) is 5.25. The summed E-state index contributed by atoms with van der Waals surface area (Å²) >= 11 is 3.43. The van der Waals surface area contributed by atoms with Crippen LogP contribution in [0.15, 0.2) is 23.9 Å². The SMILES string of the molecule is CON1C(C)=CC=CC1Br. The molecule has 10 heavy (non-hydrogen) atoms. The van der Waals surface area contributed by atoms with E-state index in [2.05, 4.69) is 15.9 Å². The van der Waals surface area contributed by atoms with Crippen LogP contribution in [-0.2, 0) is 4.84 Å². The molecule has 0 amide bonds.